The molecule has 0 aliphatic rings. The number of rotatable bonds is 24. The van der Waals surface area contributed by atoms with Crippen LogP contribution in [0.4, 0.5) is 0 Å². The topological polar surface area (TPSA) is 132 Å². The van der Waals surface area contributed by atoms with Crippen molar-refractivity contribution in [2.75, 3.05) is 52.7 Å². The van der Waals surface area contributed by atoms with Crippen LogP contribution in [0.3, 0.4) is 0 Å². The molecule has 0 spiro atoms. The third kappa shape index (κ3) is 17.9. The first-order valence-corrected chi connectivity index (χ1v) is 13.1. The van der Waals surface area contributed by atoms with Crippen molar-refractivity contribution >= 4 is 23.5 Å². The van der Waals surface area contributed by atoms with E-state index < -0.39 is 11.4 Å². The second-order valence-electron chi connectivity index (χ2n) is 9.94. The highest BCUT2D eigenvalue weighted by Crippen LogP contribution is 2.14. The quantitative estimate of drug-likeness (QED) is 0.157. The first kappa shape index (κ1) is 35.9. The van der Waals surface area contributed by atoms with Gasteiger partial charge in [0, 0.05) is 26.1 Å². The molecule has 0 fully saturated rings. The Hall–Kier alpha value is -3.08. The van der Waals surface area contributed by atoms with E-state index in [1.165, 1.54) is 24.3 Å². The highest BCUT2D eigenvalue weighted by molar-refractivity contribution is 5.89. The second-order valence-corrected chi connectivity index (χ2v) is 9.94. The van der Waals surface area contributed by atoms with Gasteiger partial charge in [0.05, 0.1) is 33.0 Å². The number of carbonyl (C=O) groups is 4. The maximum absolute atomic E-state index is 12.4. The van der Waals surface area contributed by atoms with E-state index in [0.717, 1.165) is 0 Å². The van der Waals surface area contributed by atoms with Crippen LogP contribution in [0, 0.1) is 17.8 Å². The minimum atomic E-state index is -1.03. The molecule has 0 aliphatic carbocycles. The first-order valence-electron chi connectivity index (χ1n) is 13.1. The van der Waals surface area contributed by atoms with Gasteiger partial charge in [-0.1, -0.05) is 47.1 Å². The average Bonchev–Trinajstić information content (AvgIpc) is 2.92. The van der Waals surface area contributed by atoms with E-state index in [1.807, 2.05) is 20.8 Å². The van der Waals surface area contributed by atoms with Crippen LogP contribution < -0.4 is 16.0 Å². The second kappa shape index (κ2) is 20.8. The number of ether oxygens (including phenoxy) is 3. The molecule has 3 N–H and O–H groups in total. The van der Waals surface area contributed by atoms with Crippen molar-refractivity contribution in [3.8, 4) is 0 Å². The van der Waals surface area contributed by atoms with Crippen LogP contribution >= 0.6 is 0 Å². The molecule has 0 heterocycles. The molecule has 0 aliphatic heterocycles. The molecule has 0 aromatic carbocycles. The van der Waals surface area contributed by atoms with Gasteiger partial charge in [-0.3, -0.25) is 19.2 Å². The Kier molecular flexibility index (Phi) is 19.2. The Labute approximate surface area is 233 Å². The predicted octanol–water partition coefficient (Wildman–Crippen LogP) is 2.13. The number of hydrogen-bond acceptors (Lipinski definition) is 7. The van der Waals surface area contributed by atoms with Gasteiger partial charge >= 0.3 is 0 Å². The Bertz CT molecular complexity index is 739. The Morgan fingerprint density at radius 1 is 0.667 bits per heavy atom. The molecule has 220 valence electrons. The molecular formula is C29H47N3O7. The molecule has 3 amide bonds. The Morgan fingerprint density at radius 3 is 1.46 bits per heavy atom. The number of ketones is 1. The van der Waals surface area contributed by atoms with Gasteiger partial charge in [-0.05, 0) is 48.5 Å². The smallest absolute Gasteiger partial charge is 0.244 e. The van der Waals surface area contributed by atoms with Gasteiger partial charge in [0.15, 0.2) is 5.78 Å². The predicted molar refractivity (Wildman–Crippen MR) is 152 cm³/mol. The molecule has 0 saturated heterocycles. The third-order valence-corrected chi connectivity index (χ3v) is 5.65. The van der Waals surface area contributed by atoms with Gasteiger partial charge in [0.25, 0.3) is 0 Å². The lowest BCUT2D eigenvalue weighted by atomic mass is 10.0. The summed E-state index contributed by atoms with van der Waals surface area (Å²) >= 11 is 0. The minimum absolute atomic E-state index is 0.000504. The summed E-state index contributed by atoms with van der Waals surface area (Å²) in [5, 5.41) is 8.37. The van der Waals surface area contributed by atoms with E-state index in [0.29, 0.717) is 45.8 Å². The van der Waals surface area contributed by atoms with Crippen molar-refractivity contribution < 1.29 is 33.4 Å². The molecule has 0 saturated carbocycles. The van der Waals surface area contributed by atoms with Crippen LogP contribution in [0.15, 0.2) is 50.6 Å². The minimum Gasteiger partial charge on any atom is -0.379 e. The molecule has 10 nitrogen and oxygen atoms in total. The largest absolute Gasteiger partial charge is 0.379 e. The van der Waals surface area contributed by atoms with Crippen LogP contribution in [0.25, 0.3) is 0 Å². The maximum Gasteiger partial charge on any atom is 0.244 e. The van der Waals surface area contributed by atoms with Crippen molar-refractivity contribution in [1.29, 1.82) is 0 Å². The molecule has 0 bridgehead atoms. The summed E-state index contributed by atoms with van der Waals surface area (Å²) in [6.45, 7) is 21.8. The summed E-state index contributed by atoms with van der Waals surface area (Å²) < 4.78 is 17.9. The summed E-state index contributed by atoms with van der Waals surface area (Å²) in [6.07, 6.45) is 5.92. The third-order valence-electron chi connectivity index (χ3n) is 5.65. The van der Waals surface area contributed by atoms with E-state index in [4.69, 9.17) is 14.2 Å². The van der Waals surface area contributed by atoms with Crippen LogP contribution in [0.2, 0.25) is 0 Å². The van der Waals surface area contributed by atoms with Crippen LogP contribution in [-0.4, -0.2) is 81.8 Å². The monoisotopic (exact) mass is 549 g/mol. The van der Waals surface area contributed by atoms with Crippen molar-refractivity contribution in [2.45, 2.75) is 39.2 Å². The van der Waals surface area contributed by atoms with Crippen molar-refractivity contribution in [3.63, 3.8) is 0 Å². The highest BCUT2D eigenvalue weighted by Gasteiger charge is 2.34. The van der Waals surface area contributed by atoms with Crippen LogP contribution in [0.5, 0.6) is 0 Å². The standard InChI is InChI=1S/C29H47N3O7/c1-8-25(33)13-12-22(5)16-37-19-29(32-28(36)11-4,20-38-17-23(6)14-30-26(34)9-2)21-39-18-24(7)15-31-27(35)10-3/h8-11,22-24H,1-4,12-21H2,5-7H3,(H,30,34)(H,31,35)(H,32,36). The zero-order chi connectivity index (χ0) is 29.7. The van der Waals surface area contributed by atoms with E-state index in [-0.39, 0.29) is 55.2 Å². The molecule has 0 aromatic rings. The summed E-state index contributed by atoms with van der Waals surface area (Å²) in [7, 11) is 0. The molecule has 3 atom stereocenters. The summed E-state index contributed by atoms with van der Waals surface area (Å²) in [6, 6.07) is 0. The fourth-order valence-corrected chi connectivity index (χ4v) is 3.30. The van der Waals surface area contributed by atoms with E-state index in [2.05, 4.69) is 42.3 Å². The van der Waals surface area contributed by atoms with Crippen LogP contribution in [0.1, 0.15) is 33.6 Å². The van der Waals surface area contributed by atoms with Crippen molar-refractivity contribution in [1.82, 2.24) is 16.0 Å². The highest BCUT2D eigenvalue weighted by atomic mass is 16.5. The van der Waals surface area contributed by atoms with Gasteiger partial charge in [-0.15, -0.1) is 0 Å². The van der Waals surface area contributed by atoms with Gasteiger partial charge in [0.2, 0.25) is 17.7 Å². The zero-order valence-corrected chi connectivity index (χ0v) is 23.8. The zero-order valence-electron chi connectivity index (χ0n) is 23.8. The van der Waals surface area contributed by atoms with Gasteiger partial charge < -0.3 is 30.2 Å². The van der Waals surface area contributed by atoms with Crippen LogP contribution in [-0.2, 0) is 33.4 Å². The van der Waals surface area contributed by atoms with E-state index >= 15 is 0 Å². The molecule has 0 aromatic heterocycles. The number of carbonyl (C=O) groups excluding carboxylic acids is 4. The number of allylic oxidation sites excluding steroid dienone is 1. The Morgan fingerprint density at radius 2 is 1.08 bits per heavy atom. The van der Waals surface area contributed by atoms with Gasteiger partial charge in [0.1, 0.15) is 5.54 Å². The maximum atomic E-state index is 12.4. The molecule has 0 radical (unpaired) electrons. The molecule has 10 heteroatoms. The Balaban J connectivity index is 5.33. The molecule has 39 heavy (non-hydrogen) atoms. The number of hydrogen-bond donors (Lipinski definition) is 3. The van der Waals surface area contributed by atoms with Gasteiger partial charge in [-0.25, -0.2) is 0 Å². The lowest BCUT2D eigenvalue weighted by Gasteiger charge is -2.35. The molecule has 3 unspecified atom stereocenters. The van der Waals surface area contributed by atoms with Crippen molar-refractivity contribution in [2.24, 2.45) is 17.8 Å². The number of amides is 3. The fourth-order valence-electron chi connectivity index (χ4n) is 3.30. The first-order chi connectivity index (χ1) is 18.5. The lowest BCUT2D eigenvalue weighted by molar-refractivity contribution is -0.124. The summed E-state index contributed by atoms with van der Waals surface area (Å²) in [5.41, 5.74) is -1.03. The number of nitrogens with one attached hydrogen (secondary N) is 3. The lowest BCUT2D eigenvalue weighted by Crippen LogP contribution is -2.58. The van der Waals surface area contributed by atoms with Crippen molar-refractivity contribution in [3.05, 3.63) is 50.6 Å². The van der Waals surface area contributed by atoms with E-state index in [9.17, 15) is 19.2 Å². The molecule has 0 rings (SSSR count). The van der Waals surface area contributed by atoms with E-state index in [1.54, 1.807) is 0 Å². The summed E-state index contributed by atoms with van der Waals surface area (Å²) in [5.74, 6) is -0.859. The molecular weight excluding hydrogens is 502 g/mol. The normalized spacial score (nSPS) is 14.5. The average molecular weight is 550 g/mol. The SMILES string of the molecule is C=CC(=O)CCC(C)COCC(COCC(C)CNC(=O)C=C)(COCC(C)CNC(=O)C=C)NC(=O)C=C. The summed E-state index contributed by atoms with van der Waals surface area (Å²) in [4.78, 5) is 46.8. The van der Waals surface area contributed by atoms with Gasteiger partial charge in [-0.2, -0.15) is 0 Å². The fraction of sp³-hybridized carbons (Fsp3) is 0.586.